The molecule has 4 aliphatic carbocycles. The second-order valence-electron chi connectivity index (χ2n) is 6.81. The van der Waals surface area contributed by atoms with Gasteiger partial charge in [-0.1, -0.05) is 0 Å². The van der Waals surface area contributed by atoms with E-state index >= 15 is 0 Å². The standard InChI is InChI=1S/C15H22O3/c1-9(14(17)18-2)13(16)15-6-10-3-11(7-15)5-12(4-10)8-15/h9-12H,3-8H2,1-2H3. The predicted octanol–water partition coefficient (Wildman–Crippen LogP) is 2.58. The number of esters is 1. The van der Waals surface area contributed by atoms with Gasteiger partial charge in [0.2, 0.25) is 0 Å². The Morgan fingerprint density at radius 1 is 1.06 bits per heavy atom. The Morgan fingerprint density at radius 3 is 1.89 bits per heavy atom. The van der Waals surface area contributed by atoms with E-state index in [0.717, 1.165) is 37.0 Å². The Morgan fingerprint density at radius 2 is 1.50 bits per heavy atom. The van der Waals surface area contributed by atoms with Crippen LogP contribution in [0.4, 0.5) is 0 Å². The lowest BCUT2D eigenvalue weighted by Crippen LogP contribution is -2.52. The summed E-state index contributed by atoms with van der Waals surface area (Å²) in [6.45, 7) is 1.72. The van der Waals surface area contributed by atoms with E-state index in [1.807, 2.05) is 0 Å². The third-order valence-corrected chi connectivity index (χ3v) is 5.51. The van der Waals surface area contributed by atoms with Crippen molar-refractivity contribution >= 4 is 11.8 Å². The van der Waals surface area contributed by atoms with Gasteiger partial charge in [0, 0.05) is 5.41 Å². The minimum atomic E-state index is -0.578. The van der Waals surface area contributed by atoms with Crippen molar-refractivity contribution in [1.82, 2.24) is 0 Å². The summed E-state index contributed by atoms with van der Waals surface area (Å²) in [4.78, 5) is 24.3. The fourth-order valence-corrected chi connectivity index (χ4v) is 5.16. The summed E-state index contributed by atoms with van der Waals surface area (Å²) >= 11 is 0. The van der Waals surface area contributed by atoms with E-state index in [1.165, 1.54) is 26.4 Å². The number of ketones is 1. The summed E-state index contributed by atoms with van der Waals surface area (Å²) in [5.74, 6) is 1.44. The van der Waals surface area contributed by atoms with Crippen LogP contribution in [-0.2, 0) is 14.3 Å². The summed E-state index contributed by atoms with van der Waals surface area (Å²) in [7, 11) is 1.37. The maximum Gasteiger partial charge on any atom is 0.315 e. The second-order valence-corrected chi connectivity index (χ2v) is 6.81. The molecule has 4 saturated carbocycles. The van der Waals surface area contributed by atoms with Gasteiger partial charge in [0.05, 0.1) is 7.11 Å². The summed E-state index contributed by atoms with van der Waals surface area (Å²) < 4.78 is 4.74. The zero-order chi connectivity index (χ0) is 12.9. The number of hydrogen-bond acceptors (Lipinski definition) is 3. The fourth-order valence-electron chi connectivity index (χ4n) is 5.16. The van der Waals surface area contributed by atoms with E-state index in [2.05, 4.69) is 0 Å². The Balaban J connectivity index is 1.83. The van der Waals surface area contributed by atoms with Crippen LogP contribution in [0.1, 0.15) is 45.4 Å². The maximum atomic E-state index is 12.7. The van der Waals surface area contributed by atoms with Crippen LogP contribution in [-0.4, -0.2) is 18.9 Å². The Kier molecular flexibility index (Phi) is 2.76. The second kappa shape index (κ2) is 4.07. The molecule has 1 unspecified atom stereocenters. The minimum absolute atomic E-state index is 0.161. The maximum absolute atomic E-state index is 12.7. The number of Topliss-reactive ketones (excluding diaryl/α,β-unsaturated/α-hetero) is 1. The molecule has 4 aliphatic rings. The van der Waals surface area contributed by atoms with Crippen LogP contribution < -0.4 is 0 Å². The number of carbonyl (C=O) groups is 2. The number of ether oxygens (including phenoxy) is 1. The van der Waals surface area contributed by atoms with Gasteiger partial charge in [0.25, 0.3) is 0 Å². The van der Waals surface area contributed by atoms with Gasteiger partial charge < -0.3 is 4.74 Å². The van der Waals surface area contributed by atoms with E-state index in [0.29, 0.717) is 0 Å². The highest BCUT2D eigenvalue weighted by atomic mass is 16.5. The van der Waals surface area contributed by atoms with Gasteiger partial charge in [-0.2, -0.15) is 0 Å². The molecule has 0 aromatic rings. The zero-order valence-electron chi connectivity index (χ0n) is 11.3. The molecule has 0 amide bonds. The number of rotatable bonds is 3. The van der Waals surface area contributed by atoms with Crippen molar-refractivity contribution in [2.45, 2.75) is 45.4 Å². The van der Waals surface area contributed by atoms with Crippen LogP contribution in [0.3, 0.4) is 0 Å². The highest BCUT2D eigenvalue weighted by Crippen LogP contribution is 2.60. The summed E-state index contributed by atoms with van der Waals surface area (Å²) in [5, 5.41) is 0. The molecule has 4 rings (SSSR count). The molecule has 0 aliphatic heterocycles. The van der Waals surface area contributed by atoms with E-state index in [-0.39, 0.29) is 17.2 Å². The number of hydrogen-bond donors (Lipinski definition) is 0. The lowest BCUT2D eigenvalue weighted by atomic mass is 9.48. The van der Waals surface area contributed by atoms with Gasteiger partial charge in [-0.05, 0) is 63.2 Å². The van der Waals surface area contributed by atoms with Gasteiger partial charge in [-0.25, -0.2) is 0 Å². The molecule has 100 valence electrons. The van der Waals surface area contributed by atoms with Crippen molar-refractivity contribution in [3.8, 4) is 0 Å². The molecule has 3 nitrogen and oxygen atoms in total. The SMILES string of the molecule is COC(=O)C(C)C(=O)C12CC3CC(CC(C3)C1)C2. The average Bonchev–Trinajstić information content (AvgIpc) is 2.34. The molecular weight excluding hydrogens is 228 g/mol. The van der Waals surface area contributed by atoms with E-state index < -0.39 is 5.92 Å². The first-order valence-corrected chi connectivity index (χ1v) is 7.16. The summed E-state index contributed by atoms with van der Waals surface area (Å²) in [6.07, 6.45) is 7.04. The quantitative estimate of drug-likeness (QED) is 0.571. The monoisotopic (exact) mass is 250 g/mol. The largest absolute Gasteiger partial charge is 0.468 e. The fraction of sp³-hybridized carbons (Fsp3) is 0.867. The molecule has 0 saturated heterocycles. The Hall–Kier alpha value is -0.860. The third-order valence-electron chi connectivity index (χ3n) is 5.51. The van der Waals surface area contributed by atoms with Crippen LogP contribution >= 0.6 is 0 Å². The molecule has 4 bridgehead atoms. The van der Waals surface area contributed by atoms with Crippen LogP contribution in [0.15, 0.2) is 0 Å². The molecule has 0 radical (unpaired) electrons. The molecule has 0 aromatic carbocycles. The first kappa shape index (κ1) is 12.2. The third kappa shape index (κ3) is 1.70. The van der Waals surface area contributed by atoms with Crippen molar-refractivity contribution in [3.63, 3.8) is 0 Å². The van der Waals surface area contributed by atoms with Crippen LogP contribution in [0.2, 0.25) is 0 Å². The summed E-state index contributed by atoms with van der Waals surface area (Å²) in [5.41, 5.74) is -0.178. The first-order valence-electron chi connectivity index (χ1n) is 7.16. The topological polar surface area (TPSA) is 43.4 Å². The molecule has 0 heterocycles. The van der Waals surface area contributed by atoms with E-state index in [1.54, 1.807) is 6.92 Å². The molecule has 3 heteroatoms. The molecule has 0 N–H and O–H groups in total. The molecule has 0 spiro atoms. The van der Waals surface area contributed by atoms with Gasteiger partial charge >= 0.3 is 5.97 Å². The minimum Gasteiger partial charge on any atom is -0.468 e. The lowest BCUT2D eigenvalue weighted by molar-refractivity contribution is -0.158. The predicted molar refractivity (Wildman–Crippen MR) is 66.8 cm³/mol. The highest BCUT2D eigenvalue weighted by Gasteiger charge is 2.55. The average molecular weight is 250 g/mol. The number of methoxy groups -OCH3 is 1. The molecule has 4 fully saturated rings. The van der Waals surface area contributed by atoms with Crippen LogP contribution in [0, 0.1) is 29.1 Å². The zero-order valence-corrected chi connectivity index (χ0v) is 11.3. The van der Waals surface area contributed by atoms with Gasteiger partial charge in [-0.3, -0.25) is 9.59 Å². The van der Waals surface area contributed by atoms with E-state index in [4.69, 9.17) is 4.74 Å². The molecule has 18 heavy (non-hydrogen) atoms. The molecular formula is C15H22O3. The Bertz CT molecular complexity index is 350. The van der Waals surface area contributed by atoms with Crippen molar-refractivity contribution in [2.75, 3.05) is 7.11 Å². The van der Waals surface area contributed by atoms with Crippen molar-refractivity contribution in [3.05, 3.63) is 0 Å². The summed E-state index contributed by atoms with van der Waals surface area (Å²) in [6, 6.07) is 0. The van der Waals surface area contributed by atoms with Gasteiger partial charge in [-0.15, -0.1) is 0 Å². The smallest absolute Gasteiger partial charge is 0.315 e. The lowest BCUT2D eigenvalue weighted by Gasteiger charge is -2.56. The molecule has 0 aromatic heterocycles. The van der Waals surface area contributed by atoms with Crippen LogP contribution in [0.5, 0.6) is 0 Å². The van der Waals surface area contributed by atoms with Crippen molar-refractivity contribution < 1.29 is 14.3 Å². The number of carbonyl (C=O) groups excluding carboxylic acids is 2. The Labute approximate surface area is 108 Å². The van der Waals surface area contributed by atoms with Gasteiger partial charge in [0.1, 0.15) is 5.92 Å². The van der Waals surface area contributed by atoms with Gasteiger partial charge in [0.15, 0.2) is 5.78 Å². The first-order chi connectivity index (χ1) is 8.54. The normalized spacial score (nSPS) is 42.7. The van der Waals surface area contributed by atoms with E-state index in [9.17, 15) is 9.59 Å². The van der Waals surface area contributed by atoms with Crippen molar-refractivity contribution in [1.29, 1.82) is 0 Å². The van der Waals surface area contributed by atoms with Crippen LogP contribution in [0.25, 0.3) is 0 Å². The van der Waals surface area contributed by atoms with Crippen molar-refractivity contribution in [2.24, 2.45) is 29.1 Å². The molecule has 1 atom stereocenters. The highest BCUT2D eigenvalue weighted by molar-refractivity contribution is 6.01.